The highest BCUT2D eigenvalue weighted by Crippen LogP contribution is 2.25. The summed E-state index contributed by atoms with van der Waals surface area (Å²) in [4.78, 5) is 10.2. The molecule has 0 aliphatic heterocycles. The molecule has 0 saturated carbocycles. The largest absolute Gasteiger partial charge is 0.324 e. The van der Waals surface area contributed by atoms with Gasteiger partial charge < -0.3 is 5.73 Å². The van der Waals surface area contributed by atoms with Crippen LogP contribution in [-0.4, -0.2) is 4.92 Å². The fraction of sp³-hybridized carbons (Fsp3) is 0.143. The number of nitro benzene ring substituents is 1. The van der Waals surface area contributed by atoms with Gasteiger partial charge >= 0.3 is 0 Å². The molecule has 0 saturated heterocycles. The van der Waals surface area contributed by atoms with Crippen molar-refractivity contribution in [3.8, 4) is 0 Å². The van der Waals surface area contributed by atoms with Gasteiger partial charge in [0.05, 0.1) is 4.92 Å². The van der Waals surface area contributed by atoms with E-state index < -0.39 is 4.92 Å². The highest BCUT2D eigenvalue weighted by Gasteiger charge is 2.12. The van der Waals surface area contributed by atoms with Crippen LogP contribution in [0.1, 0.15) is 17.2 Å². The van der Waals surface area contributed by atoms with E-state index in [4.69, 9.17) is 17.3 Å². The Morgan fingerprint density at radius 1 is 1.25 bits per heavy atom. The number of nitrogens with zero attached hydrogens (tertiary/aromatic N) is 1. The molecule has 0 fully saturated rings. The molecule has 0 radical (unpaired) electrons. The van der Waals surface area contributed by atoms with Crippen LogP contribution in [0.3, 0.4) is 0 Å². The fourth-order valence-electron chi connectivity index (χ4n) is 1.92. The SMILES string of the molecule is NC(Cc1ccc([N+](=O)[O-])cc1)c1cc(Cl)ccc1I. The Balaban J connectivity index is 2.16. The smallest absolute Gasteiger partial charge is 0.269 e. The fourth-order valence-corrected chi connectivity index (χ4v) is 2.83. The quantitative estimate of drug-likeness (QED) is 0.476. The van der Waals surface area contributed by atoms with Crippen molar-refractivity contribution in [2.24, 2.45) is 5.73 Å². The predicted molar refractivity (Wildman–Crippen MR) is 87.9 cm³/mol. The number of rotatable bonds is 4. The van der Waals surface area contributed by atoms with Crippen molar-refractivity contribution >= 4 is 39.9 Å². The Hall–Kier alpha value is -1.18. The van der Waals surface area contributed by atoms with Crippen molar-refractivity contribution < 1.29 is 4.92 Å². The monoisotopic (exact) mass is 402 g/mol. The summed E-state index contributed by atoms with van der Waals surface area (Å²) < 4.78 is 1.06. The van der Waals surface area contributed by atoms with Gasteiger partial charge in [0.1, 0.15) is 0 Å². The third-order valence-electron chi connectivity index (χ3n) is 2.96. The van der Waals surface area contributed by atoms with Crippen LogP contribution in [0.5, 0.6) is 0 Å². The number of halogens is 2. The number of non-ortho nitro benzene ring substituents is 1. The predicted octanol–water partition coefficient (Wildman–Crippen LogP) is 4.10. The molecule has 0 heterocycles. The van der Waals surface area contributed by atoms with E-state index in [0.717, 1.165) is 14.7 Å². The molecule has 0 aromatic heterocycles. The molecule has 0 spiro atoms. The van der Waals surface area contributed by atoms with Crippen molar-refractivity contribution in [2.75, 3.05) is 0 Å². The first-order valence-corrected chi connectivity index (χ1v) is 7.37. The Kier molecular flexibility index (Phi) is 4.95. The summed E-state index contributed by atoms with van der Waals surface area (Å²) in [5.41, 5.74) is 8.22. The molecular formula is C14H12ClIN2O2. The topological polar surface area (TPSA) is 69.2 Å². The lowest BCUT2D eigenvalue weighted by atomic mass is 9.99. The van der Waals surface area contributed by atoms with Crippen molar-refractivity contribution in [1.82, 2.24) is 0 Å². The van der Waals surface area contributed by atoms with Gasteiger partial charge in [-0.15, -0.1) is 0 Å². The van der Waals surface area contributed by atoms with E-state index in [0.29, 0.717) is 11.4 Å². The molecule has 2 aromatic rings. The number of hydrogen-bond donors (Lipinski definition) is 1. The van der Waals surface area contributed by atoms with Crippen molar-refractivity contribution in [3.63, 3.8) is 0 Å². The first kappa shape index (κ1) is 15.2. The number of benzene rings is 2. The van der Waals surface area contributed by atoms with Crippen LogP contribution in [0.15, 0.2) is 42.5 Å². The average molecular weight is 403 g/mol. The molecule has 1 unspecified atom stereocenters. The van der Waals surface area contributed by atoms with E-state index in [9.17, 15) is 10.1 Å². The van der Waals surface area contributed by atoms with Gasteiger partial charge in [0, 0.05) is 26.8 Å². The second-order valence-electron chi connectivity index (χ2n) is 4.40. The molecule has 6 heteroatoms. The molecule has 104 valence electrons. The van der Waals surface area contributed by atoms with Crippen LogP contribution in [0.4, 0.5) is 5.69 Å². The highest BCUT2D eigenvalue weighted by atomic mass is 127. The van der Waals surface area contributed by atoms with Gasteiger partial charge in [0.25, 0.3) is 5.69 Å². The van der Waals surface area contributed by atoms with Gasteiger partial charge in [0.15, 0.2) is 0 Å². The lowest BCUT2D eigenvalue weighted by Crippen LogP contribution is -2.14. The Bertz CT molecular complexity index is 632. The van der Waals surface area contributed by atoms with E-state index >= 15 is 0 Å². The summed E-state index contributed by atoms with van der Waals surface area (Å²) in [7, 11) is 0. The van der Waals surface area contributed by atoms with Crippen LogP contribution < -0.4 is 5.73 Å². The van der Waals surface area contributed by atoms with Crippen molar-refractivity contribution in [3.05, 3.63) is 72.3 Å². The summed E-state index contributed by atoms with van der Waals surface area (Å²) >= 11 is 8.21. The zero-order valence-electron chi connectivity index (χ0n) is 10.4. The van der Waals surface area contributed by atoms with E-state index in [-0.39, 0.29) is 11.7 Å². The zero-order chi connectivity index (χ0) is 14.7. The summed E-state index contributed by atoms with van der Waals surface area (Å²) in [5, 5.41) is 11.3. The summed E-state index contributed by atoms with van der Waals surface area (Å²) in [5.74, 6) is 0. The van der Waals surface area contributed by atoms with Gasteiger partial charge in [-0.2, -0.15) is 0 Å². The molecule has 0 aliphatic carbocycles. The Labute approximate surface area is 135 Å². The molecule has 1 atom stereocenters. The van der Waals surface area contributed by atoms with E-state index in [1.807, 2.05) is 18.2 Å². The third kappa shape index (κ3) is 3.68. The van der Waals surface area contributed by atoms with Crippen LogP contribution >= 0.6 is 34.2 Å². The number of hydrogen-bond acceptors (Lipinski definition) is 3. The standard InChI is InChI=1S/C14H12ClIN2O2/c15-10-3-6-13(16)12(8-10)14(17)7-9-1-4-11(5-2-9)18(19)20/h1-6,8,14H,7,17H2. The maximum absolute atomic E-state index is 10.6. The van der Waals surface area contributed by atoms with Gasteiger partial charge in [0.2, 0.25) is 0 Å². The second-order valence-corrected chi connectivity index (χ2v) is 6.00. The zero-order valence-corrected chi connectivity index (χ0v) is 13.3. The Morgan fingerprint density at radius 3 is 2.50 bits per heavy atom. The van der Waals surface area contributed by atoms with Crippen LogP contribution in [0, 0.1) is 13.7 Å². The van der Waals surface area contributed by atoms with Gasteiger partial charge in [-0.1, -0.05) is 23.7 Å². The first-order valence-electron chi connectivity index (χ1n) is 5.91. The minimum absolute atomic E-state index is 0.0830. The molecule has 2 N–H and O–H groups in total. The van der Waals surface area contributed by atoms with E-state index in [1.54, 1.807) is 12.1 Å². The summed E-state index contributed by atoms with van der Waals surface area (Å²) in [6.45, 7) is 0. The van der Waals surface area contributed by atoms with Gasteiger partial charge in [-0.05, 0) is 58.3 Å². The van der Waals surface area contributed by atoms with E-state index in [2.05, 4.69) is 22.6 Å². The van der Waals surface area contributed by atoms with Crippen molar-refractivity contribution in [2.45, 2.75) is 12.5 Å². The first-order chi connectivity index (χ1) is 9.47. The average Bonchev–Trinajstić information content (AvgIpc) is 2.42. The third-order valence-corrected chi connectivity index (χ3v) is 4.18. The van der Waals surface area contributed by atoms with Crippen LogP contribution in [0.25, 0.3) is 0 Å². The summed E-state index contributed by atoms with van der Waals surface area (Å²) in [6.07, 6.45) is 0.605. The molecule has 0 aliphatic rings. The maximum Gasteiger partial charge on any atom is 0.269 e. The lowest BCUT2D eigenvalue weighted by Gasteiger charge is -2.14. The molecule has 2 rings (SSSR count). The van der Waals surface area contributed by atoms with Crippen LogP contribution in [-0.2, 0) is 6.42 Å². The lowest BCUT2D eigenvalue weighted by molar-refractivity contribution is -0.384. The normalized spacial score (nSPS) is 12.2. The number of nitro groups is 1. The minimum Gasteiger partial charge on any atom is -0.324 e. The molecule has 0 bridgehead atoms. The highest BCUT2D eigenvalue weighted by molar-refractivity contribution is 14.1. The second kappa shape index (κ2) is 6.51. The van der Waals surface area contributed by atoms with Gasteiger partial charge in [-0.25, -0.2) is 0 Å². The molecule has 2 aromatic carbocycles. The minimum atomic E-state index is -0.413. The number of nitrogens with two attached hydrogens (primary N) is 1. The molecular weight excluding hydrogens is 391 g/mol. The van der Waals surface area contributed by atoms with Crippen molar-refractivity contribution in [1.29, 1.82) is 0 Å². The summed E-state index contributed by atoms with van der Waals surface area (Å²) in [6, 6.07) is 11.9. The molecule has 4 nitrogen and oxygen atoms in total. The van der Waals surface area contributed by atoms with Gasteiger partial charge in [-0.3, -0.25) is 10.1 Å². The Morgan fingerprint density at radius 2 is 1.90 bits per heavy atom. The molecule has 0 amide bonds. The maximum atomic E-state index is 10.6. The van der Waals surface area contributed by atoms with E-state index in [1.165, 1.54) is 12.1 Å². The van der Waals surface area contributed by atoms with Crippen LogP contribution in [0.2, 0.25) is 5.02 Å². The molecule has 20 heavy (non-hydrogen) atoms.